The molecule has 6 heteroatoms. The van der Waals surface area contributed by atoms with E-state index < -0.39 is 0 Å². The maximum atomic E-state index is 12.7. The quantitative estimate of drug-likeness (QED) is 0.469. The molecule has 152 valence electrons. The van der Waals surface area contributed by atoms with E-state index in [1.165, 1.54) is 5.56 Å². The van der Waals surface area contributed by atoms with Crippen molar-refractivity contribution in [3.05, 3.63) is 90.0 Å². The summed E-state index contributed by atoms with van der Waals surface area (Å²) in [6.45, 7) is 3.58. The highest BCUT2D eigenvalue weighted by atomic mass is 16.5. The Morgan fingerprint density at radius 2 is 1.80 bits per heavy atom. The monoisotopic (exact) mass is 400 g/mol. The van der Waals surface area contributed by atoms with Crippen LogP contribution < -0.4 is 4.74 Å². The normalized spacial score (nSPS) is 10.9. The molecular formula is C24H24N4O2. The maximum absolute atomic E-state index is 12.7. The van der Waals surface area contributed by atoms with Crippen molar-refractivity contribution in [3.63, 3.8) is 0 Å². The smallest absolute Gasteiger partial charge is 0.272 e. The summed E-state index contributed by atoms with van der Waals surface area (Å²) >= 11 is 0. The molecule has 0 bridgehead atoms. The molecule has 2 aromatic carbocycles. The Kier molecular flexibility index (Phi) is 5.75. The fraction of sp³-hybridized carbons (Fsp3) is 0.208. The average Bonchev–Trinajstić information content (AvgIpc) is 3.12. The molecule has 2 aromatic heterocycles. The lowest BCUT2D eigenvalue weighted by molar-refractivity contribution is 0.0774. The van der Waals surface area contributed by atoms with Crippen molar-refractivity contribution in [1.82, 2.24) is 19.4 Å². The summed E-state index contributed by atoms with van der Waals surface area (Å²) in [4.78, 5) is 23.3. The standard InChI is InChI=1S/C24H24N4O2/c1-18-10-12-19(13-11-18)30-16-15-28-22-9-4-3-7-20(22)26-23(28)17-27(2)24(29)21-8-5-6-14-25-21/h3-14H,15-17H2,1-2H3. The van der Waals surface area contributed by atoms with Crippen LogP contribution in [0.5, 0.6) is 5.75 Å². The molecule has 0 spiro atoms. The van der Waals surface area contributed by atoms with Gasteiger partial charge in [0.05, 0.1) is 24.1 Å². The number of aryl methyl sites for hydroxylation is 1. The number of hydrogen-bond acceptors (Lipinski definition) is 4. The molecule has 0 aliphatic rings. The van der Waals surface area contributed by atoms with Gasteiger partial charge in [-0.1, -0.05) is 35.9 Å². The minimum atomic E-state index is -0.134. The van der Waals surface area contributed by atoms with E-state index in [1.54, 1.807) is 30.3 Å². The lowest BCUT2D eigenvalue weighted by Gasteiger charge is -2.18. The third-order valence-corrected chi connectivity index (χ3v) is 4.95. The van der Waals surface area contributed by atoms with E-state index >= 15 is 0 Å². The molecule has 4 rings (SSSR count). The minimum Gasteiger partial charge on any atom is -0.492 e. The molecule has 0 unspecified atom stereocenters. The van der Waals surface area contributed by atoms with Crippen LogP contribution >= 0.6 is 0 Å². The predicted molar refractivity (Wildman–Crippen MR) is 116 cm³/mol. The van der Waals surface area contributed by atoms with Crippen LogP contribution in [0.2, 0.25) is 0 Å². The van der Waals surface area contributed by atoms with E-state index in [2.05, 4.69) is 16.5 Å². The second kappa shape index (κ2) is 8.78. The molecule has 0 aliphatic carbocycles. The predicted octanol–water partition coefficient (Wildman–Crippen LogP) is 4.09. The summed E-state index contributed by atoms with van der Waals surface area (Å²) < 4.78 is 8.04. The van der Waals surface area contributed by atoms with E-state index in [-0.39, 0.29) is 5.91 Å². The van der Waals surface area contributed by atoms with Gasteiger partial charge in [-0.15, -0.1) is 0 Å². The Balaban J connectivity index is 1.52. The van der Waals surface area contributed by atoms with Crippen LogP contribution in [0.25, 0.3) is 11.0 Å². The van der Waals surface area contributed by atoms with Crippen LogP contribution in [0.3, 0.4) is 0 Å². The molecule has 6 nitrogen and oxygen atoms in total. The van der Waals surface area contributed by atoms with Crippen molar-refractivity contribution in [2.24, 2.45) is 0 Å². The number of imidazole rings is 1. The first-order chi connectivity index (χ1) is 14.6. The van der Waals surface area contributed by atoms with Crippen LogP contribution in [0.1, 0.15) is 21.9 Å². The summed E-state index contributed by atoms with van der Waals surface area (Å²) in [6.07, 6.45) is 1.62. The average molecular weight is 400 g/mol. The van der Waals surface area contributed by atoms with Crippen molar-refractivity contribution in [1.29, 1.82) is 0 Å². The van der Waals surface area contributed by atoms with Gasteiger partial charge in [-0.25, -0.2) is 4.98 Å². The summed E-state index contributed by atoms with van der Waals surface area (Å²) in [5, 5.41) is 0. The molecule has 0 radical (unpaired) electrons. The van der Waals surface area contributed by atoms with Gasteiger partial charge in [-0.2, -0.15) is 0 Å². The number of carbonyl (C=O) groups is 1. The van der Waals surface area contributed by atoms with Gasteiger partial charge in [-0.05, 0) is 43.3 Å². The molecule has 0 atom stereocenters. The Bertz CT molecular complexity index is 1140. The Morgan fingerprint density at radius 3 is 2.57 bits per heavy atom. The summed E-state index contributed by atoms with van der Waals surface area (Å²) in [6, 6.07) is 21.3. The van der Waals surface area contributed by atoms with Crippen LogP contribution in [-0.4, -0.2) is 39.0 Å². The Labute approximate surface area is 175 Å². The number of fused-ring (bicyclic) bond motifs is 1. The van der Waals surface area contributed by atoms with Crippen molar-refractivity contribution in [3.8, 4) is 5.75 Å². The fourth-order valence-electron chi connectivity index (χ4n) is 3.35. The lowest BCUT2D eigenvalue weighted by Crippen LogP contribution is -2.28. The molecule has 1 amide bonds. The molecule has 2 heterocycles. The first-order valence-corrected chi connectivity index (χ1v) is 9.92. The zero-order chi connectivity index (χ0) is 20.9. The van der Waals surface area contributed by atoms with E-state index in [9.17, 15) is 4.79 Å². The largest absolute Gasteiger partial charge is 0.492 e. The Hall–Kier alpha value is -3.67. The molecule has 4 aromatic rings. The number of carbonyl (C=O) groups excluding carboxylic acids is 1. The van der Waals surface area contributed by atoms with Crippen molar-refractivity contribution in [2.45, 2.75) is 20.0 Å². The van der Waals surface area contributed by atoms with Crippen LogP contribution in [0.15, 0.2) is 72.9 Å². The molecule has 0 aliphatic heterocycles. The number of amides is 1. The second-order valence-electron chi connectivity index (χ2n) is 7.21. The van der Waals surface area contributed by atoms with Gasteiger partial charge in [0.15, 0.2) is 0 Å². The molecule has 0 saturated heterocycles. The number of para-hydroxylation sites is 2. The third kappa shape index (κ3) is 4.33. The highest BCUT2D eigenvalue weighted by Gasteiger charge is 2.17. The van der Waals surface area contributed by atoms with E-state index in [4.69, 9.17) is 9.72 Å². The maximum Gasteiger partial charge on any atom is 0.272 e. The first-order valence-electron chi connectivity index (χ1n) is 9.92. The van der Waals surface area contributed by atoms with Gasteiger partial charge in [-0.3, -0.25) is 9.78 Å². The highest BCUT2D eigenvalue weighted by Crippen LogP contribution is 2.18. The molecule has 30 heavy (non-hydrogen) atoms. The van der Waals surface area contributed by atoms with Crippen molar-refractivity contribution < 1.29 is 9.53 Å². The third-order valence-electron chi connectivity index (χ3n) is 4.95. The van der Waals surface area contributed by atoms with E-state index in [0.717, 1.165) is 22.6 Å². The topological polar surface area (TPSA) is 60.2 Å². The number of hydrogen-bond donors (Lipinski definition) is 0. The van der Waals surface area contributed by atoms with Crippen molar-refractivity contribution in [2.75, 3.05) is 13.7 Å². The van der Waals surface area contributed by atoms with Crippen molar-refractivity contribution >= 4 is 16.9 Å². The fourth-order valence-corrected chi connectivity index (χ4v) is 3.35. The molecule has 0 saturated carbocycles. The molecule has 0 fully saturated rings. The lowest BCUT2D eigenvalue weighted by atomic mass is 10.2. The SMILES string of the molecule is Cc1ccc(OCCn2c(CN(C)C(=O)c3ccccn3)nc3ccccc32)cc1. The Morgan fingerprint density at radius 1 is 1.03 bits per heavy atom. The van der Waals surface area contributed by atoms with Gasteiger partial charge < -0.3 is 14.2 Å². The zero-order valence-corrected chi connectivity index (χ0v) is 17.2. The van der Waals surface area contributed by atoms with Gasteiger partial charge in [0, 0.05) is 13.2 Å². The van der Waals surface area contributed by atoms with Gasteiger partial charge in [0.25, 0.3) is 5.91 Å². The number of pyridine rings is 1. The number of ether oxygens (including phenoxy) is 1. The number of aromatic nitrogens is 3. The van der Waals surface area contributed by atoms with Gasteiger partial charge >= 0.3 is 0 Å². The first kappa shape index (κ1) is 19.6. The van der Waals surface area contributed by atoms with Crippen LogP contribution in [0, 0.1) is 6.92 Å². The number of nitrogens with zero attached hydrogens (tertiary/aromatic N) is 4. The summed E-state index contributed by atoms with van der Waals surface area (Å²) in [5.74, 6) is 1.52. The van der Waals surface area contributed by atoms with E-state index in [1.807, 2.05) is 54.6 Å². The van der Waals surface area contributed by atoms with E-state index in [0.29, 0.717) is 25.4 Å². The number of benzene rings is 2. The number of rotatable bonds is 7. The summed E-state index contributed by atoms with van der Waals surface area (Å²) in [7, 11) is 1.77. The molecule has 0 N–H and O–H groups in total. The van der Waals surface area contributed by atoms with Gasteiger partial charge in [0.1, 0.15) is 23.9 Å². The highest BCUT2D eigenvalue weighted by molar-refractivity contribution is 5.92. The zero-order valence-electron chi connectivity index (χ0n) is 17.2. The summed E-state index contributed by atoms with van der Waals surface area (Å²) in [5.41, 5.74) is 3.55. The van der Waals surface area contributed by atoms with Crippen LogP contribution in [0.4, 0.5) is 0 Å². The molecular weight excluding hydrogens is 376 g/mol. The second-order valence-corrected chi connectivity index (χ2v) is 7.21. The van der Waals surface area contributed by atoms with Crippen LogP contribution in [-0.2, 0) is 13.1 Å². The van der Waals surface area contributed by atoms with Gasteiger partial charge in [0.2, 0.25) is 0 Å². The minimum absolute atomic E-state index is 0.134.